The quantitative estimate of drug-likeness (QED) is 0.846. The van der Waals surface area contributed by atoms with Gasteiger partial charge in [0, 0.05) is 36.2 Å². The summed E-state index contributed by atoms with van der Waals surface area (Å²) in [6.45, 7) is 2.15. The van der Waals surface area contributed by atoms with E-state index in [0.29, 0.717) is 31.8 Å². The molecule has 0 saturated carbocycles. The molecule has 1 spiro atoms. The van der Waals surface area contributed by atoms with Crippen LogP contribution in [0.1, 0.15) is 34.3 Å². The Morgan fingerprint density at radius 1 is 1.14 bits per heavy atom. The fourth-order valence-electron chi connectivity index (χ4n) is 4.07. The molecule has 2 aromatic rings. The lowest BCUT2D eigenvalue weighted by Gasteiger charge is -2.38. The number of ether oxygens (including phenoxy) is 2. The van der Waals surface area contributed by atoms with E-state index in [2.05, 4.69) is 10.8 Å². The molecular weight excluding hydrogens is 385 g/mol. The highest BCUT2D eigenvalue weighted by Crippen LogP contribution is 2.46. The van der Waals surface area contributed by atoms with Crippen molar-refractivity contribution in [3.63, 3.8) is 0 Å². The molecule has 4 rings (SSSR count). The van der Waals surface area contributed by atoms with Gasteiger partial charge in [-0.25, -0.2) is 0 Å². The first-order chi connectivity index (χ1) is 13.8. The van der Waals surface area contributed by atoms with Gasteiger partial charge >= 0.3 is 6.36 Å². The number of carbonyl (C=O) groups excluding carboxylic acids is 1. The molecule has 2 N–H and O–H groups in total. The van der Waals surface area contributed by atoms with E-state index in [1.165, 1.54) is 12.1 Å². The summed E-state index contributed by atoms with van der Waals surface area (Å²) in [5.74, 6) is 0.331. The van der Waals surface area contributed by atoms with Crippen LogP contribution in [0.4, 0.5) is 13.2 Å². The number of amides is 1. The van der Waals surface area contributed by atoms with Crippen molar-refractivity contribution in [1.29, 1.82) is 0 Å². The predicted molar refractivity (Wildman–Crippen MR) is 99.8 cm³/mol. The lowest BCUT2D eigenvalue weighted by atomic mass is 9.74. The lowest BCUT2D eigenvalue weighted by molar-refractivity contribution is -0.274. The van der Waals surface area contributed by atoms with Gasteiger partial charge in [-0.2, -0.15) is 0 Å². The molecule has 0 unspecified atom stereocenters. The molecule has 5 nitrogen and oxygen atoms in total. The average molecular weight is 406 g/mol. The number of carbonyl (C=O) groups is 1. The first-order valence-corrected chi connectivity index (χ1v) is 9.41. The topological polar surface area (TPSA) is 64.8 Å². The van der Waals surface area contributed by atoms with E-state index in [1.54, 1.807) is 4.90 Å². The number of halogens is 3. The Labute approximate surface area is 166 Å². The van der Waals surface area contributed by atoms with E-state index in [0.717, 1.165) is 41.9 Å². The summed E-state index contributed by atoms with van der Waals surface area (Å²) in [6, 6.07) is 11.0. The first kappa shape index (κ1) is 19.6. The number of likely N-dealkylation sites (tertiary alicyclic amines) is 1. The van der Waals surface area contributed by atoms with Crippen LogP contribution in [0.5, 0.6) is 11.5 Å². The van der Waals surface area contributed by atoms with Crippen molar-refractivity contribution in [3.05, 3.63) is 59.2 Å². The number of nitrogens with zero attached hydrogens (tertiary/aromatic N) is 1. The van der Waals surface area contributed by atoms with Crippen molar-refractivity contribution in [3.8, 4) is 11.5 Å². The first-order valence-electron chi connectivity index (χ1n) is 9.41. The Morgan fingerprint density at radius 2 is 1.83 bits per heavy atom. The van der Waals surface area contributed by atoms with Crippen molar-refractivity contribution >= 4 is 5.91 Å². The third-order valence-electron chi connectivity index (χ3n) is 5.70. The molecule has 0 aliphatic carbocycles. The molecule has 2 aliphatic rings. The van der Waals surface area contributed by atoms with Crippen LogP contribution in [0.15, 0.2) is 42.5 Å². The van der Waals surface area contributed by atoms with E-state index in [1.807, 2.05) is 12.1 Å². The molecular formula is C21H21F3N2O3. The molecule has 154 valence electrons. The molecule has 0 aromatic heterocycles. The monoisotopic (exact) mass is 406 g/mol. The molecule has 1 amide bonds. The van der Waals surface area contributed by atoms with Crippen LogP contribution in [-0.2, 0) is 12.0 Å². The van der Waals surface area contributed by atoms with Crippen LogP contribution < -0.4 is 15.2 Å². The zero-order chi connectivity index (χ0) is 20.6. The molecule has 2 aliphatic heterocycles. The second kappa shape index (κ2) is 7.26. The Balaban J connectivity index is 1.44. The van der Waals surface area contributed by atoms with Crippen molar-refractivity contribution in [1.82, 2.24) is 4.90 Å². The molecule has 29 heavy (non-hydrogen) atoms. The number of benzene rings is 2. The highest BCUT2D eigenvalue weighted by atomic mass is 19.4. The molecule has 1 saturated heterocycles. The highest BCUT2D eigenvalue weighted by molar-refractivity contribution is 5.94. The predicted octanol–water partition coefficient (Wildman–Crippen LogP) is 3.61. The molecule has 1 fully saturated rings. The molecule has 2 aromatic carbocycles. The van der Waals surface area contributed by atoms with Gasteiger partial charge in [-0.05, 0) is 48.7 Å². The fraction of sp³-hybridized carbons (Fsp3) is 0.381. The van der Waals surface area contributed by atoms with Gasteiger partial charge in [0.25, 0.3) is 5.91 Å². The number of piperidine rings is 1. The molecule has 8 heteroatoms. The SMILES string of the molecule is NCc1ccc2c(c1)C1(CCN(C(=O)c3ccc(OC(F)(F)F)cc3)CC1)CO2. The van der Waals surface area contributed by atoms with Crippen molar-refractivity contribution < 1.29 is 27.4 Å². The summed E-state index contributed by atoms with van der Waals surface area (Å²) in [7, 11) is 0. The minimum Gasteiger partial charge on any atom is -0.492 e. The van der Waals surface area contributed by atoms with E-state index in [-0.39, 0.29) is 17.1 Å². The maximum absolute atomic E-state index is 12.8. The lowest BCUT2D eigenvalue weighted by Crippen LogP contribution is -2.46. The van der Waals surface area contributed by atoms with Crippen molar-refractivity contribution in [2.75, 3.05) is 19.7 Å². The second-order valence-electron chi connectivity index (χ2n) is 7.47. The number of hydrogen-bond acceptors (Lipinski definition) is 4. The van der Waals surface area contributed by atoms with Crippen LogP contribution >= 0.6 is 0 Å². The van der Waals surface area contributed by atoms with Crippen LogP contribution in [0.25, 0.3) is 0 Å². The number of alkyl halides is 3. The van der Waals surface area contributed by atoms with Crippen LogP contribution in [-0.4, -0.2) is 36.9 Å². The van der Waals surface area contributed by atoms with Gasteiger partial charge in [0.05, 0.1) is 6.61 Å². The summed E-state index contributed by atoms with van der Waals surface area (Å²) in [4.78, 5) is 14.5. The normalized spacial score (nSPS) is 17.7. The zero-order valence-electron chi connectivity index (χ0n) is 15.7. The molecule has 2 heterocycles. The maximum Gasteiger partial charge on any atom is 0.573 e. The Hall–Kier alpha value is -2.74. The van der Waals surface area contributed by atoms with E-state index in [4.69, 9.17) is 10.5 Å². The third-order valence-corrected chi connectivity index (χ3v) is 5.70. The summed E-state index contributed by atoms with van der Waals surface area (Å²) in [5, 5.41) is 0. The highest BCUT2D eigenvalue weighted by Gasteiger charge is 2.44. The van der Waals surface area contributed by atoms with E-state index < -0.39 is 6.36 Å². The van der Waals surface area contributed by atoms with Gasteiger partial charge in [-0.1, -0.05) is 12.1 Å². The average Bonchev–Trinajstić information content (AvgIpc) is 3.05. The minimum absolute atomic E-state index is 0.123. The fourth-order valence-corrected chi connectivity index (χ4v) is 4.07. The van der Waals surface area contributed by atoms with E-state index in [9.17, 15) is 18.0 Å². The molecule has 0 atom stereocenters. The smallest absolute Gasteiger partial charge is 0.492 e. The Morgan fingerprint density at radius 3 is 2.45 bits per heavy atom. The standard InChI is InChI=1S/C21H21F3N2O3/c22-21(23,24)29-16-4-2-15(3-5-16)19(27)26-9-7-20(8-10-26)13-28-18-6-1-14(12-25)11-17(18)20/h1-6,11H,7-10,12-13,25H2. The summed E-state index contributed by atoms with van der Waals surface area (Å²) in [5.41, 5.74) is 8.18. The van der Waals surface area contributed by atoms with Crippen molar-refractivity contribution in [2.45, 2.75) is 31.2 Å². The van der Waals surface area contributed by atoms with Crippen LogP contribution in [0.3, 0.4) is 0 Å². The van der Waals surface area contributed by atoms with E-state index >= 15 is 0 Å². The number of rotatable bonds is 3. The van der Waals surface area contributed by atoms with Gasteiger partial charge in [-0.15, -0.1) is 13.2 Å². The van der Waals surface area contributed by atoms with Gasteiger partial charge < -0.3 is 20.1 Å². The minimum atomic E-state index is -4.75. The van der Waals surface area contributed by atoms with Gasteiger partial charge in [0.15, 0.2) is 0 Å². The third kappa shape index (κ3) is 3.89. The number of nitrogens with two attached hydrogens (primary N) is 1. The van der Waals surface area contributed by atoms with Gasteiger partial charge in [-0.3, -0.25) is 4.79 Å². The van der Waals surface area contributed by atoms with Gasteiger partial charge in [0.2, 0.25) is 0 Å². The molecule has 0 radical (unpaired) electrons. The Bertz CT molecular complexity index is 904. The zero-order valence-corrected chi connectivity index (χ0v) is 15.7. The van der Waals surface area contributed by atoms with Crippen LogP contribution in [0, 0.1) is 0 Å². The number of hydrogen-bond donors (Lipinski definition) is 1. The number of fused-ring (bicyclic) bond motifs is 2. The summed E-state index contributed by atoms with van der Waals surface area (Å²) < 4.78 is 46.5. The van der Waals surface area contributed by atoms with Crippen LogP contribution in [0.2, 0.25) is 0 Å². The summed E-state index contributed by atoms with van der Waals surface area (Å²) in [6.07, 6.45) is -3.24. The second-order valence-corrected chi connectivity index (χ2v) is 7.47. The summed E-state index contributed by atoms with van der Waals surface area (Å²) >= 11 is 0. The Kier molecular flexibility index (Phi) is 4.90. The van der Waals surface area contributed by atoms with Gasteiger partial charge in [0.1, 0.15) is 11.5 Å². The largest absolute Gasteiger partial charge is 0.573 e. The maximum atomic E-state index is 12.8. The van der Waals surface area contributed by atoms with Crippen molar-refractivity contribution in [2.24, 2.45) is 5.73 Å². The molecule has 0 bridgehead atoms.